The van der Waals surface area contributed by atoms with E-state index in [0.29, 0.717) is 24.3 Å². The summed E-state index contributed by atoms with van der Waals surface area (Å²) >= 11 is 0. The first-order chi connectivity index (χ1) is 12.0. The summed E-state index contributed by atoms with van der Waals surface area (Å²) in [6.07, 6.45) is 0.299. The van der Waals surface area contributed by atoms with Crippen LogP contribution in [-0.4, -0.2) is 31.5 Å². The molecule has 2 aromatic carbocycles. The molecular weight excluding hydrogens is 316 g/mol. The first kappa shape index (κ1) is 17.0. The largest absolute Gasteiger partial charge is 0.496 e. The van der Waals surface area contributed by atoms with Crippen molar-refractivity contribution in [1.29, 1.82) is 0 Å². The molecule has 0 bridgehead atoms. The van der Waals surface area contributed by atoms with Crippen LogP contribution in [0.4, 0.5) is 5.69 Å². The molecule has 3 rings (SSSR count). The van der Waals surface area contributed by atoms with Crippen LogP contribution in [0.2, 0.25) is 0 Å². The maximum atomic E-state index is 12.5. The quantitative estimate of drug-likeness (QED) is 0.932. The predicted octanol–water partition coefficient (Wildman–Crippen LogP) is 2.85. The van der Waals surface area contributed by atoms with Crippen LogP contribution >= 0.6 is 0 Å². The van der Waals surface area contributed by atoms with Gasteiger partial charge in [0.25, 0.3) is 5.91 Å². The summed E-state index contributed by atoms with van der Waals surface area (Å²) in [7, 11) is 1.53. The summed E-state index contributed by atoms with van der Waals surface area (Å²) in [5.41, 5.74) is 3.69. The molecular formula is C20H22N2O3. The highest BCUT2D eigenvalue weighted by molar-refractivity contribution is 6.00. The number of hydrogen-bond acceptors (Lipinski definition) is 3. The third-order valence-corrected chi connectivity index (χ3v) is 4.61. The van der Waals surface area contributed by atoms with Crippen molar-refractivity contribution in [3.8, 4) is 5.75 Å². The summed E-state index contributed by atoms with van der Waals surface area (Å²) in [5, 5.41) is 2.94. The van der Waals surface area contributed by atoms with Crippen LogP contribution in [0, 0.1) is 13.8 Å². The molecule has 25 heavy (non-hydrogen) atoms. The Hall–Kier alpha value is -2.82. The molecule has 0 radical (unpaired) electrons. The Kier molecular flexibility index (Phi) is 4.74. The molecule has 0 spiro atoms. The Balaban J connectivity index is 1.72. The van der Waals surface area contributed by atoms with Gasteiger partial charge in [-0.1, -0.05) is 18.2 Å². The third-order valence-electron chi connectivity index (χ3n) is 4.61. The average molecular weight is 338 g/mol. The normalized spacial score (nSPS) is 16.8. The van der Waals surface area contributed by atoms with E-state index in [4.69, 9.17) is 4.74 Å². The second-order valence-corrected chi connectivity index (χ2v) is 6.35. The van der Waals surface area contributed by atoms with Crippen molar-refractivity contribution in [2.24, 2.45) is 0 Å². The zero-order valence-corrected chi connectivity index (χ0v) is 14.7. The number of nitrogens with one attached hydrogen (secondary N) is 1. The van der Waals surface area contributed by atoms with Crippen molar-refractivity contribution in [2.45, 2.75) is 26.3 Å². The number of hydrogen-bond donors (Lipinski definition) is 1. The number of aryl methyl sites for hydroxylation is 2. The van der Waals surface area contributed by atoms with Crippen molar-refractivity contribution >= 4 is 17.5 Å². The van der Waals surface area contributed by atoms with Crippen molar-refractivity contribution in [2.75, 3.05) is 18.6 Å². The molecule has 5 nitrogen and oxygen atoms in total. The van der Waals surface area contributed by atoms with E-state index in [2.05, 4.69) is 5.32 Å². The van der Waals surface area contributed by atoms with Gasteiger partial charge in [0.15, 0.2) is 0 Å². The van der Waals surface area contributed by atoms with Crippen molar-refractivity contribution in [1.82, 2.24) is 5.32 Å². The average Bonchev–Trinajstić information content (AvgIpc) is 2.97. The van der Waals surface area contributed by atoms with E-state index < -0.39 is 0 Å². The molecule has 2 aromatic rings. The fraction of sp³-hybridized carbons (Fsp3) is 0.300. The fourth-order valence-corrected chi connectivity index (χ4v) is 3.04. The SMILES string of the molecule is COc1ccccc1C(=O)NC1CC(=O)N(c2ccc(C)c(C)c2)C1. The van der Waals surface area contributed by atoms with Crippen LogP contribution in [0.3, 0.4) is 0 Å². The summed E-state index contributed by atoms with van der Waals surface area (Å²) < 4.78 is 5.23. The van der Waals surface area contributed by atoms with E-state index in [0.717, 1.165) is 11.3 Å². The first-order valence-corrected chi connectivity index (χ1v) is 8.31. The van der Waals surface area contributed by atoms with E-state index in [-0.39, 0.29) is 17.9 Å². The summed E-state index contributed by atoms with van der Waals surface area (Å²) in [6, 6.07) is 12.8. The number of carbonyl (C=O) groups excluding carboxylic acids is 2. The molecule has 1 atom stereocenters. The molecule has 2 amide bonds. The zero-order valence-electron chi connectivity index (χ0n) is 14.7. The van der Waals surface area contributed by atoms with Gasteiger partial charge in [0, 0.05) is 18.7 Å². The van der Waals surface area contributed by atoms with Gasteiger partial charge < -0.3 is 15.0 Å². The number of carbonyl (C=O) groups is 2. The Bertz CT molecular complexity index is 816. The van der Waals surface area contributed by atoms with Gasteiger partial charge in [0.05, 0.1) is 18.7 Å². The molecule has 0 saturated carbocycles. The topological polar surface area (TPSA) is 58.6 Å². The highest BCUT2D eigenvalue weighted by Gasteiger charge is 2.32. The van der Waals surface area contributed by atoms with Gasteiger partial charge in [-0.3, -0.25) is 9.59 Å². The van der Waals surface area contributed by atoms with E-state index in [1.807, 2.05) is 38.1 Å². The first-order valence-electron chi connectivity index (χ1n) is 8.31. The number of ether oxygens (including phenoxy) is 1. The molecule has 0 aromatic heterocycles. The predicted molar refractivity (Wildman–Crippen MR) is 97.1 cm³/mol. The van der Waals surface area contributed by atoms with E-state index in [1.54, 1.807) is 23.1 Å². The van der Waals surface area contributed by atoms with Gasteiger partial charge in [-0.25, -0.2) is 0 Å². The van der Waals surface area contributed by atoms with Crippen molar-refractivity contribution < 1.29 is 14.3 Å². The molecule has 1 saturated heterocycles. The molecule has 1 aliphatic heterocycles. The number of amides is 2. The van der Waals surface area contributed by atoms with Crippen LogP contribution in [0.15, 0.2) is 42.5 Å². The lowest BCUT2D eigenvalue weighted by atomic mass is 10.1. The van der Waals surface area contributed by atoms with Gasteiger partial charge in [0.2, 0.25) is 5.91 Å². The smallest absolute Gasteiger partial charge is 0.255 e. The van der Waals surface area contributed by atoms with Gasteiger partial charge in [-0.2, -0.15) is 0 Å². The summed E-state index contributed by atoms with van der Waals surface area (Å²) in [6.45, 7) is 4.55. The van der Waals surface area contributed by atoms with Crippen LogP contribution in [-0.2, 0) is 4.79 Å². The highest BCUT2D eigenvalue weighted by Crippen LogP contribution is 2.25. The highest BCUT2D eigenvalue weighted by atomic mass is 16.5. The van der Waals surface area contributed by atoms with Crippen LogP contribution < -0.4 is 15.0 Å². The Morgan fingerprint density at radius 2 is 1.92 bits per heavy atom. The lowest BCUT2D eigenvalue weighted by molar-refractivity contribution is -0.117. The van der Waals surface area contributed by atoms with Crippen molar-refractivity contribution in [3.05, 3.63) is 59.2 Å². The number of benzene rings is 2. The minimum Gasteiger partial charge on any atom is -0.496 e. The maximum Gasteiger partial charge on any atom is 0.255 e. The Morgan fingerprint density at radius 1 is 1.16 bits per heavy atom. The second kappa shape index (κ2) is 6.97. The third kappa shape index (κ3) is 3.50. The molecule has 1 fully saturated rings. The monoisotopic (exact) mass is 338 g/mol. The van der Waals surface area contributed by atoms with E-state index in [1.165, 1.54) is 12.7 Å². The fourth-order valence-electron chi connectivity index (χ4n) is 3.04. The number of para-hydroxylation sites is 1. The Labute approximate surface area is 147 Å². The van der Waals surface area contributed by atoms with Gasteiger partial charge in [-0.05, 0) is 49.2 Å². The Morgan fingerprint density at radius 3 is 2.64 bits per heavy atom. The van der Waals surface area contributed by atoms with Gasteiger partial charge in [-0.15, -0.1) is 0 Å². The number of anilines is 1. The molecule has 1 aliphatic rings. The zero-order chi connectivity index (χ0) is 18.0. The lowest BCUT2D eigenvalue weighted by Gasteiger charge is -2.18. The number of nitrogens with zero attached hydrogens (tertiary/aromatic N) is 1. The van der Waals surface area contributed by atoms with E-state index in [9.17, 15) is 9.59 Å². The number of rotatable bonds is 4. The summed E-state index contributed by atoms with van der Waals surface area (Å²) in [5.74, 6) is 0.320. The molecule has 0 aliphatic carbocycles. The maximum absolute atomic E-state index is 12.5. The van der Waals surface area contributed by atoms with Crippen LogP contribution in [0.5, 0.6) is 5.75 Å². The molecule has 5 heteroatoms. The van der Waals surface area contributed by atoms with Gasteiger partial charge >= 0.3 is 0 Å². The molecule has 1 unspecified atom stereocenters. The van der Waals surface area contributed by atoms with E-state index >= 15 is 0 Å². The van der Waals surface area contributed by atoms with Gasteiger partial charge in [0.1, 0.15) is 5.75 Å². The summed E-state index contributed by atoms with van der Waals surface area (Å²) in [4.78, 5) is 26.6. The number of methoxy groups -OCH3 is 1. The molecule has 130 valence electrons. The van der Waals surface area contributed by atoms with Crippen LogP contribution in [0.1, 0.15) is 27.9 Å². The molecule has 1 N–H and O–H groups in total. The van der Waals surface area contributed by atoms with Crippen LogP contribution in [0.25, 0.3) is 0 Å². The molecule has 1 heterocycles. The second-order valence-electron chi connectivity index (χ2n) is 6.35. The lowest BCUT2D eigenvalue weighted by Crippen LogP contribution is -2.37. The standard InChI is InChI=1S/C20H22N2O3/c1-13-8-9-16(10-14(13)2)22-12-15(11-19(22)23)21-20(24)17-6-4-5-7-18(17)25-3/h4-10,15H,11-12H2,1-3H3,(H,21,24). The minimum atomic E-state index is -0.225. The minimum absolute atomic E-state index is 0.0218. The van der Waals surface area contributed by atoms with Crippen molar-refractivity contribution in [3.63, 3.8) is 0 Å².